The molecule has 2 aromatic rings. The number of morpholine rings is 1. The van der Waals surface area contributed by atoms with Gasteiger partial charge in [-0.2, -0.15) is 8.78 Å². The van der Waals surface area contributed by atoms with Gasteiger partial charge >= 0.3 is 12.0 Å². The molecule has 154 valence electrons. The first-order valence-electron chi connectivity index (χ1n) is 9.07. The van der Waals surface area contributed by atoms with Crippen molar-refractivity contribution in [1.29, 1.82) is 0 Å². The number of benzene rings is 1. The molecule has 2 aliphatic heterocycles. The number of likely N-dealkylation sites (tertiary alicyclic amines) is 1. The van der Waals surface area contributed by atoms with Crippen LogP contribution in [0.5, 0.6) is 0 Å². The lowest BCUT2D eigenvalue weighted by Gasteiger charge is -2.48. The minimum Gasteiger partial charge on any atom is -0.361 e. The SMILES string of the molecule is Cc1cc(C(=O)N2CCC3(CC2)CN(c2ccc(F)cc2)C(=O)C(F)(F)O3)no1. The molecule has 1 spiro atoms. The Kier molecular flexibility index (Phi) is 4.60. The molecule has 2 saturated heterocycles. The molecule has 1 aromatic carbocycles. The molecule has 0 radical (unpaired) electrons. The van der Waals surface area contributed by atoms with E-state index in [-0.39, 0.29) is 49.8 Å². The lowest BCUT2D eigenvalue weighted by atomic mass is 9.88. The summed E-state index contributed by atoms with van der Waals surface area (Å²) in [7, 11) is 0. The summed E-state index contributed by atoms with van der Waals surface area (Å²) in [5, 5.41) is 3.69. The lowest BCUT2D eigenvalue weighted by molar-refractivity contribution is -0.292. The fourth-order valence-corrected chi connectivity index (χ4v) is 3.70. The van der Waals surface area contributed by atoms with Gasteiger partial charge in [0, 0.05) is 24.8 Å². The van der Waals surface area contributed by atoms with Gasteiger partial charge in [-0.15, -0.1) is 0 Å². The number of carbonyl (C=O) groups is 2. The molecule has 10 heteroatoms. The Balaban J connectivity index is 1.52. The van der Waals surface area contributed by atoms with Gasteiger partial charge in [0.05, 0.1) is 12.1 Å². The monoisotopic (exact) mass is 409 g/mol. The maximum Gasteiger partial charge on any atom is 0.437 e. The third kappa shape index (κ3) is 3.59. The molecule has 2 aliphatic rings. The van der Waals surface area contributed by atoms with Crippen LogP contribution in [0.1, 0.15) is 29.1 Å². The predicted molar refractivity (Wildman–Crippen MR) is 93.9 cm³/mol. The van der Waals surface area contributed by atoms with Crippen LogP contribution in [0.2, 0.25) is 0 Å². The van der Waals surface area contributed by atoms with Crippen molar-refractivity contribution in [1.82, 2.24) is 10.1 Å². The maximum absolute atomic E-state index is 14.4. The summed E-state index contributed by atoms with van der Waals surface area (Å²) >= 11 is 0. The fourth-order valence-electron chi connectivity index (χ4n) is 3.70. The number of aryl methyl sites for hydroxylation is 1. The Bertz CT molecular complexity index is 936. The Morgan fingerprint density at radius 1 is 1.17 bits per heavy atom. The van der Waals surface area contributed by atoms with Gasteiger partial charge in [0.1, 0.15) is 11.6 Å². The largest absolute Gasteiger partial charge is 0.437 e. The van der Waals surface area contributed by atoms with Crippen LogP contribution >= 0.6 is 0 Å². The van der Waals surface area contributed by atoms with Crippen LogP contribution < -0.4 is 4.90 Å². The molecule has 0 unspecified atom stereocenters. The van der Waals surface area contributed by atoms with Crippen molar-refractivity contribution in [2.24, 2.45) is 0 Å². The molecule has 0 N–H and O–H groups in total. The first kappa shape index (κ1) is 19.4. The lowest BCUT2D eigenvalue weighted by Crippen LogP contribution is -2.65. The number of anilines is 1. The van der Waals surface area contributed by atoms with Crippen LogP contribution in [0, 0.1) is 12.7 Å². The van der Waals surface area contributed by atoms with E-state index in [1.807, 2.05) is 0 Å². The molecule has 0 aliphatic carbocycles. The second-order valence-corrected chi connectivity index (χ2v) is 7.28. The molecular formula is C19H18F3N3O4. The number of amides is 2. The molecule has 2 fully saturated rings. The Morgan fingerprint density at radius 3 is 2.41 bits per heavy atom. The number of aromatic nitrogens is 1. The number of carbonyl (C=O) groups excluding carboxylic acids is 2. The first-order chi connectivity index (χ1) is 13.7. The molecular weight excluding hydrogens is 391 g/mol. The highest BCUT2D eigenvalue weighted by Crippen LogP contribution is 2.40. The Hall–Kier alpha value is -2.88. The molecule has 7 nitrogen and oxygen atoms in total. The Labute approximate surface area is 164 Å². The van der Waals surface area contributed by atoms with Crippen molar-refractivity contribution >= 4 is 17.5 Å². The first-order valence-corrected chi connectivity index (χ1v) is 9.07. The van der Waals surface area contributed by atoms with Gasteiger partial charge in [-0.05, 0) is 44.0 Å². The van der Waals surface area contributed by atoms with E-state index in [2.05, 4.69) is 5.16 Å². The number of piperidine rings is 1. The van der Waals surface area contributed by atoms with Crippen LogP contribution in [-0.4, -0.2) is 53.2 Å². The van der Waals surface area contributed by atoms with E-state index in [0.717, 1.165) is 17.0 Å². The van der Waals surface area contributed by atoms with E-state index < -0.39 is 23.4 Å². The van der Waals surface area contributed by atoms with E-state index >= 15 is 0 Å². The summed E-state index contributed by atoms with van der Waals surface area (Å²) in [5.41, 5.74) is -1.01. The highest BCUT2D eigenvalue weighted by atomic mass is 19.3. The van der Waals surface area contributed by atoms with Crippen LogP contribution in [0.25, 0.3) is 0 Å². The van der Waals surface area contributed by atoms with Crippen LogP contribution in [0.15, 0.2) is 34.9 Å². The van der Waals surface area contributed by atoms with E-state index in [9.17, 15) is 22.8 Å². The van der Waals surface area contributed by atoms with E-state index in [1.54, 1.807) is 6.92 Å². The van der Waals surface area contributed by atoms with Gasteiger partial charge in [0.15, 0.2) is 5.69 Å². The molecule has 0 bridgehead atoms. The molecule has 0 atom stereocenters. The van der Waals surface area contributed by atoms with Crippen LogP contribution in [-0.2, 0) is 9.53 Å². The highest BCUT2D eigenvalue weighted by Gasteiger charge is 2.57. The summed E-state index contributed by atoms with van der Waals surface area (Å²) in [5.74, 6) is -1.89. The van der Waals surface area contributed by atoms with Crippen molar-refractivity contribution in [3.05, 3.63) is 47.6 Å². The smallest absolute Gasteiger partial charge is 0.361 e. The van der Waals surface area contributed by atoms with Crippen molar-refractivity contribution in [2.75, 3.05) is 24.5 Å². The molecule has 4 rings (SSSR count). The van der Waals surface area contributed by atoms with E-state index in [0.29, 0.717) is 5.76 Å². The summed E-state index contributed by atoms with van der Waals surface area (Å²) in [4.78, 5) is 27.1. The molecule has 0 saturated carbocycles. The van der Waals surface area contributed by atoms with Gasteiger partial charge < -0.3 is 19.1 Å². The maximum atomic E-state index is 14.4. The van der Waals surface area contributed by atoms with Gasteiger partial charge in [-0.1, -0.05) is 5.16 Å². The van der Waals surface area contributed by atoms with Crippen LogP contribution in [0.4, 0.5) is 18.9 Å². The zero-order valence-corrected chi connectivity index (χ0v) is 15.5. The second-order valence-electron chi connectivity index (χ2n) is 7.28. The number of halogens is 3. The summed E-state index contributed by atoms with van der Waals surface area (Å²) < 4.78 is 51.8. The number of hydrogen-bond acceptors (Lipinski definition) is 5. The summed E-state index contributed by atoms with van der Waals surface area (Å²) in [6, 6.07) is 6.25. The fraction of sp³-hybridized carbons (Fsp3) is 0.421. The van der Waals surface area contributed by atoms with Crippen molar-refractivity contribution in [2.45, 2.75) is 31.5 Å². The normalized spacial score (nSPS) is 20.9. The number of alkyl halides is 2. The zero-order valence-electron chi connectivity index (χ0n) is 15.5. The quantitative estimate of drug-likeness (QED) is 0.763. The minimum atomic E-state index is -4.01. The molecule has 2 amide bonds. The minimum absolute atomic E-state index is 0.107. The topological polar surface area (TPSA) is 75.9 Å². The number of rotatable bonds is 2. The average molecular weight is 409 g/mol. The van der Waals surface area contributed by atoms with E-state index in [4.69, 9.17) is 9.26 Å². The standard InChI is InChI=1S/C19H18F3N3O4/c1-12-10-15(23-28-12)16(26)24-8-6-18(7-9-24)11-25(17(27)19(21,22)29-18)14-4-2-13(20)3-5-14/h2-5,10H,6-9,11H2,1H3. The molecule has 1 aromatic heterocycles. The predicted octanol–water partition coefficient (Wildman–Crippen LogP) is 2.75. The van der Waals surface area contributed by atoms with Crippen molar-refractivity contribution < 1.29 is 32.0 Å². The molecule has 3 heterocycles. The number of ether oxygens (including phenoxy) is 1. The summed E-state index contributed by atoms with van der Waals surface area (Å²) in [6.45, 7) is 1.87. The zero-order chi connectivity index (χ0) is 20.8. The van der Waals surface area contributed by atoms with Crippen molar-refractivity contribution in [3.63, 3.8) is 0 Å². The third-order valence-electron chi connectivity index (χ3n) is 5.23. The number of nitrogens with zero attached hydrogens (tertiary/aromatic N) is 3. The highest BCUT2D eigenvalue weighted by molar-refractivity contribution is 5.98. The van der Waals surface area contributed by atoms with E-state index in [1.165, 1.54) is 23.1 Å². The third-order valence-corrected chi connectivity index (χ3v) is 5.23. The van der Waals surface area contributed by atoms with Gasteiger partial charge in [-0.3, -0.25) is 9.59 Å². The second kappa shape index (κ2) is 6.87. The summed E-state index contributed by atoms with van der Waals surface area (Å²) in [6.07, 6.45) is -3.80. The van der Waals surface area contributed by atoms with Gasteiger partial charge in [-0.25, -0.2) is 4.39 Å². The molecule has 29 heavy (non-hydrogen) atoms. The average Bonchev–Trinajstić information content (AvgIpc) is 3.12. The van der Waals surface area contributed by atoms with Crippen molar-refractivity contribution in [3.8, 4) is 0 Å². The van der Waals surface area contributed by atoms with Gasteiger partial charge in [0.25, 0.3) is 5.91 Å². The Morgan fingerprint density at radius 2 is 1.83 bits per heavy atom. The van der Waals surface area contributed by atoms with Crippen LogP contribution in [0.3, 0.4) is 0 Å². The number of hydrogen-bond donors (Lipinski definition) is 0. The van der Waals surface area contributed by atoms with Gasteiger partial charge in [0.2, 0.25) is 0 Å².